The predicted octanol–water partition coefficient (Wildman–Crippen LogP) is 4.65. The molecule has 1 amide bonds. The van der Waals surface area contributed by atoms with Gasteiger partial charge in [-0.3, -0.25) is 4.79 Å². The summed E-state index contributed by atoms with van der Waals surface area (Å²) in [5, 5.41) is 2.88. The number of aryl methyl sites for hydroxylation is 1. The topological polar surface area (TPSA) is 55.1 Å². The number of aromatic nitrogens is 1. The van der Waals surface area contributed by atoms with Gasteiger partial charge in [-0.2, -0.15) is 0 Å². The van der Waals surface area contributed by atoms with Crippen LogP contribution in [-0.2, 0) is 11.2 Å². The van der Waals surface area contributed by atoms with E-state index in [4.69, 9.17) is 4.42 Å². The lowest BCUT2D eigenvalue weighted by Crippen LogP contribution is -2.17. The molecule has 2 aromatic carbocycles. The molecule has 1 aromatic heterocycles. The zero-order valence-corrected chi connectivity index (χ0v) is 13.6. The van der Waals surface area contributed by atoms with Crippen LogP contribution in [0, 0.1) is 5.92 Å². The van der Waals surface area contributed by atoms with Gasteiger partial charge in [0.15, 0.2) is 5.58 Å². The first-order valence-corrected chi connectivity index (χ1v) is 7.87. The van der Waals surface area contributed by atoms with E-state index < -0.39 is 0 Å². The van der Waals surface area contributed by atoms with Crippen LogP contribution in [0.2, 0.25) is 0 Å². The van der Waals surface area contributed by atoms with Crippen molar-refractivity contribution in [3.63, 3.8) is 0 Å². The summed E-state index contributed by atoms with van der Waals surface area (Å²) >= 11 is 0. The highest BCUT2D eigenvalue weighted by Gasteiger charge is 2.11. The second-order valence-corrected chi connectivity index (χ2v) is 5.90. The van der Waals surface area contributed by atoms with Crippen LogP contribution in [0.4, 0.5) is 5.69 Å². The van der Waals surface area contributed by atoms with E-state index in [9.17, 15) is 4.79 Å². The van der Waals surface area contributed by atoms with Gasteiger partial charge < -0.3 is 9.73 Å². The number of nitrogens with one attached hydrogen (secondary N) is 1. The lowest BCUT2D eigenvalue weighted by atomic mass is 10.1. The fourth-order valence-electron chi connectivity index (χ4n) is 2.30. The van der Waals surface area contributed by atoms with Gasteiger partial charge in [0.1, 0.15) is 5.52 Å². The number of carbonyl (C=O) groups is 1. The van der Waals surface area contributed by atoms with Gasteiger partial charge in [0, 0.05) is 17.2 Å². The van der Waals surface area contributed by atoms with E-state index >= 15 is 0 Å². The Morgan fingerprint density at radius 1 is 1.17 bits per heavy atom. The molecule has 0 aliphatic carbocycles. The van der Waals surface area contributed by atoms with Crippen molar-refractivity contribution in [2.45, 2.75) is 27.2 Å². The first-order valence-electron chi connectivity index (χ1n) is 7.87. The minimum absolute atomic E-state index is 0.0109. The van der Waals surface area contributed by atoms with Crippen LogP contribution in [0.3, 0.4) is 0 Å². The zero-order valence-electron chi connectivity index (χ0n) is 13.6. The van der Waals surface area contributed by atoms with E-state index in [1.54, 1.807) is 0 Å². The summed E-state index contributed by atoms with van der Waals surface area (Å²) in [6.07, 6.45) is 1.01. The third-order valence-corrected chi connectivity index (χ3v) is 3.79. The Morgan fingerprint density at radius 2 is 1.91 bits per heavy atom. The van der Waals surface area contributed by atoms with E-state index in [-0.39, 0.29) is 11.8 Å². The smallest absolute Gasteiger partial charge is 0.227 e. The van der Waals surface area contributed by atoms with Crippen LogP contribution in [0.5, 0.6) is 0 Å². The summed E-state index contributed by atoms with van der Waals surface area (Å²) < 4.78 is 5.81. The van der Waals surface area contributed by atoms with Crippen molar-refractivity contribution in [2.24, 2.45) is 5.92 Å². The molecular formula is C19H20N2O2. The number of nitrogens with zero attached hydrogens (tertiary/aromatic N) is 1. The number of amides is 1. The maximum atomic E-state index is 11.8. The van der Waals surface area contributed by atoms with Gasteiger partial charge in [0.2, 0.25) is 11.8 Å². The Balaban J connectivity index is 1.90. The predicted molar refractivity (Wildman–Crippen MR) is 92.3 cm³/mol. The van der Waals surface area contributed by atoms with Gasteiger partial charge in [-0.1, -0.05) is 32.9 Å². The van der Waals surface area contributed by atoms with Crippen LogP contribution >= 0.6 is 0 Å². The maximum absolute atomic E-state index is 11.8. The molecule has 0 unspecified atom stereocenters. The van der Waals surface area contributed by atoms with E-state index in [0.717, 1.165) is 23.2 Å². The normalized spacial score (nSPS) is 11.1. The maximum Gasteiger partial charge on any atom is 0.227 e. The minimum Gasteiger partial charge on any atom is -0.436 e. The van der Waals surface area contributed by atoms with Crippen LogP contribution in [0.15, 0.2) is 46.9 Å². The van der Waals surface area contributed by atoms with Gasteiger partial charge in [0.05, 0.1) is 0 Å². The number of hydrogen-bond acceptors (Lipinski definition) is 3. The summed E-state index contributed by atoms with van der Waals surface area (Å²) in [6.45, 7) is 5.85. The van der Waals surface area contributed by atoms with E-state index in [2.05, 4.69) is 29.4 Å². The Bertz CT molecular complexity index is 832. The number of rotatable bonds is 4. The second kappa shape index (κ2) is 6.24. The third-order valence-electron chi connectivity index (χ3n) is 3.79. The summed E-state index contributed by atoms with van der Waals surface area (Å²) in [6, 6.07) is 13.7. The van der Waals surface area contributed by atoms with Gasteiger partial charge >= 0.3 is 0 Å². The highest BCUT2D eigenvalue weighted by Crippen LogP contribution is 2.26. The molecule has 0 saturated heterocycles. The molecular weight excluding hydrogens is 288 g/mol. The molecule has 0 aliphatic rings. The summed E-state index contributed by atoms with van der Waals surface area (Å²) in [7, 11) is 0. The molecule has 0 aliphatic heterocycles. The van der Waals surface area contributed by atoms with Gasteiger partial charge in [-0.25, -0.2) is 4.98 Å². The highest BCUT2D eigenvalue weighted by atomic mass is 16.3. The molecule has 0 atom stereocenters. The molecule has 0 radical (unpaired) electrons. The van der Waals surface area contributed by atoms with Crippen molar-refractivity contribution in [2.75, 3.05) is 5.32 Å². The molecule has 3 rings (SSSR count). The molecule has 4 nitrogen and oxygen atoms in total. The van der Waals surface area contributed by atoms with Crippen molar-refractivity contribution in [3.05, 3.63) is 48.0 Å². The Labute approximate surface area is 135 Å². The largest absolute Gasteiger partial charge is 0.436 e. The first kappa shape index (κ1) is 15.3. The minimum atomic E-state index is -0.0596. The second-order valence-electron chi connectivity index (χ2n) is 5.90. The Morgan fingerprint density at radius 3 is 2.57 bits per heavy atom. The Kier molecular flexibility index (Phi) is 4.15. The highest BCUT2D eigenvalue weighted by molar-refractivity contribution is 5.94. The third kappa shape index (κ3) is 3.26. The first-order chi connectivity index (χ1) is 11.1. The average Bonchev–Trinajstić information content (AvgIpc) is 2.98. The fraction of sp³-hybridized carbons (Fsp3) is 0.263. The van der Waals surface area contributed by atoms with E-state index in [0.29, 0.717) is 11.5 Å². The van der Waals surface area contributed by atoms with E-state index in [1.807, 2.05) is 44.2 Å². The molecule has 0 saturated carbocycles. The quantitative estimate of drug-likeness (QED) is 0.763. The molecule has 0 spiro atoms. The fourth-order valence-corrected chi connectivity index (χ4v) is 2.30. The van der Waals surface area contributed by atoms with Crippen molar-refractivity contribution in [3.8, 4) is 11.5 Å². The van der Waals surface area contributed by atoms with Crippen LogP contribution in [0.25, 0.3) is 22.6 Å². The molecule has 3 aromatic rings. The summed E-state index contributed by atoms with van der Waals surface area (Å²) in [4.78, 5) is 16.3. The monoisotopic (exact) mass is 308 g/mol. The van der Waals surface area contributed by atoms with Crippen molar-refractivity contribution >= 4 is 22.7 Å². The average molecular weight is 308 g/mol. The standard InChI is InChI=1S/C19H20N2O2/c1-4-13-5-7-14(8-6-13)19-21-16-11-15(9-10-17(16)23-19)20-18(22)12(2)3/h5-12H,4H2,1-3H3,(H,20,22). The number of hydrogen-bond donors (Lipinski definition) is 1. The number of carbonyl (C=O) groups excluding carboxylic acids is 1. The molecule has 1 N–H and O–H groups in total. The van der Waals surface area contributed by atoms with Crippen molar-refractivity contribution in [1.29, 1.82) is 0 Å². The molecule has 0 fully saturated rings. The summed E-state index contributed by atoms with van der Waals surface area (Å²) in [5.41, 5.74) is 4.41. The molecule has 1 heterocycles. The van der Waals surface area contributed by atoms with E-state index in [1.165, 1.54) is 5.56 Å². The lowest BCUT2D eigenvalue weighted by molar-refractivity contribution is -0.118. The lowest BCUT2D eigenvalue weighted by Gasteiger charge is -2.06. The van der Waals surface area contributed by atoms with Crippen LogP contribution in [0.1, 0.15) is 26.3 Å². The van der Waals surface area contributed by atoms with Crippen molar-refractivity contribution in [1.82, 2.24) is 4.98 Å². The number of anilines is 1. The molecule has 4 heteroatoms. The van der Waals surface area contributed by atoms with Gasteiger partial charge in [-0.05, 0) is 42.3 Å². The summed E-state index contributed by atoms with van der Waals surface area (Å²) in [5.74, 6) is 0.522. The Hall–Kier alpha value is -2.62. The zero-order chi connectivity index (χ0) is 16.4. The van der Waals surface area contributed by atoms with Gasteiger partial charge in [0.25, 0.3) is 0 Å². The number of fused-ring (bicyclic) bond motifs is 1. The SMILES string of the molecule is CCc1ccc(-c2nc3cc(NC(=O)C(C)C)ccc3o2)cc1. The molecule has 118 valence electrons. The van der Waals surface area contributed by atoms with Crippen LogP contribution in [-0.4, -0.2) is 10.9 Å². The molecule has 0 bridgehead atoms. The van der Waals surface area contributed by atoms with Gasteiger partial charge in [-0.15, -0.1) is 0 Å². The van der Waals surface area contributed by atoms with Crippen molar-refractivity contribution < 1.29 is 9.21 Å². The number of benzene rings is 2. The molecule has 23 heavy (non-hydrogen) atoms. The van der Waals surface area contributed by atoms with Crippen LogP contribution < -0.4 is 5.32 Å². The number of oxazole rings is 1.